The number of alkyl halides is 1. The number of hydrogen-bond acceptors (Lipinski definition) is 4. The summed E-state index contributed by atoms with van der Waals surface area (Å²) in [5.41, 5.74) is 0.530. The van der Waals surface area contributed by atoms with Crippen molar-refractivity contribution in [3.8, 4) is 0 Å². The van der Waals surface area contributed by atoms with Crippen molar-refractivity contribution in [2.45, 2.75) is 16.6 Å². The van der Waals surface area contributed by atoms with Gasteiger partial charge in [-0.05, 0) is 23.8 Å². The second-order valence-electron chi connectivity index (χ2n) is 4.88. The predicted octanol–water partition coefficient (Wildman–Crippen LogP) is 2.34. The van der Waals surface area contributed by atoms with Crippen LogP contribution >= 0.6 is 11.6 Å². The highest BCUT2D eigenvalue weighted by Crippen LogP contribution is 2.27. The van der Waals surface area contributed by atoms with E-state index in [0.29, 0.717) is 5.56 Å². The van der Waals surface area contributed by atoms with Gasteiger partial charge in [0.2, 0.25) is 5.91 Å². The Morgan fingerprint density at radius 3 is 2.52 bits per heavy atom. The van der Waals surface area contributed by atoms with E-state index in [1.165, 1.54) is 6.20 Å². The van der Waals surface area contributed by atoms with Gasteiger partial charge < -0.3 is 5.32 Å². The summed E-state index contributed by atoms with van der Waals surface area (Å²) in [5.74, 6) is -0.0911. The molecule has 1 aromatic carbocycles. The standard InChI is InChI=1S/C16H17ClN2O3S/c17-9-8-16(20)19-12-15(13-5-4-10-18-11-13)23(21,22)14-6-2-1-3-7-14/h1-7,10-11,15H,8-9,12H2,(H,19,20)/t15-/m0/s1. The van der Waals surface area contributed by atoms with Crippen molar-refractivity contribution in [1.82, 2.24) is 10.3 Å². The maximum atomic E-state index is 12.9. The van der Waals surface area contributed by atoms with Gasteiger partial charge in [0.1, 0.15) is 5.25 Å². The molecule has 1 aromatic heterocycles. The molecule has 0 aliphatic rings. The monoisotopic (exact) mass is 352 g/mol. The van der Waals surface area contributed by atoms with Gasteiger partial charge >= 0.3 is 0 Å². The summed E-state index contributed by atoms with van der Waals surface area (Å²) in [6.07, 6.45) is 3.22. The first-order chi connectivity index (χ1) is 11.1. The van der Waals surface area contributed by atoms with E-state index in [1.54, 1.807) is 48.7 Å². The van der Waals surface area contributed by atoms with Crippen LogP contribution in [0.1, 0.15) is 17.2 Å². The Morgan fingerprint density at radius 2 is 1.91 bits per heavy atom. The Hall–Kier alpha value is -1.92. The number of pyridine rings is 1. The summed E-state index contributed by atoms with van der Waals surface area (Å²) in [7, 11) is -3.65. The molecule has 0 spiro atoms. The van der Waals surface area contributed by atoms with Gasteiger partial charge in [0.05, 0.1) is 4.90 Å². The number of amides is 1. The maximum Gasteiger partial charge on any atom is 0.221 e. The molecule has 1 atom stereocenters. The van der Waals surface area contributed by atoms with Gasteiger partial charge in [0.15, 0.2) is 9.84 Å². The lowest BCUT2D eigenvalue weighted by Crippen LogP contribution is -2.32. The van der Waals surface area contributed by atoms with Crippen molar-refractivity contribution in [2.75, 3.05) is 12.4 Å². The summed E-state index contributed by atoms with van der Waals surface area (Å²) in [6.45, 7) is -0.0291. The summed E-state index contributed by atoms with van der Waals surface area (Å²) >= 11 is 5.53. The topological polar surface area (TPSA) is 76.1 Å². The van der Waals surface area contributed by atoms with Gasteiger partial charge in [-0.3, -0.25) is 9.78 Å². The molecule has 1 amide bonds. The van der Waals surface area contributed by atoms with Crippen molar-refractivity contribution in [1.29, 1.82) is 0 Å². The Morgan fingerprint density at radius 1 is 1.17 bits per heavy atom. The summed E-state index contributed by atoms with van der Waals surface area (Å²) < 4.78 is 25.8. The number of halogens is 1. The predicted molar refractivity (Wildman–Crippen MR) is 89.0 cm³/mol. The van der Waals surface area contributed by atoms with E-state index in [4.69, 9.17) is 11.6 Å². The molecule has 0 saturated carbocycles. The third-order valence-electron chi connectivity index (χ3n) is 3.31. The molecule has 2 rings (SSSR count). The van der Waals surface area contributed by atoms with Crippen LogP contribution in [0.5, 0.6) is 0 Å². The zero-order valence-corrected chi connectivity index (χ0v) is 13.9. The minimum Gasteiger partial charge on any atom is -0.354 e. The smallest absolute Gasteiger partial charge is 0.221 e. The first-order valence-corrected chi connectivity index (χ1v) is 9.15. The van der Waals surface area contributed by atoms with E-state index in [2.05, 4.69) is 10.3 Å². The molecule has 0 bridgehead atoms. The fourth-order valence-corrected chi connectivity index (χ4v) is 3.97. The number of sulfone groups is 1. The quantitative estimate of drug-likeness (QED) is 0.776. The Kier molecular flexibility index (Phi) is 6.12. The molecular formula is C16H17ClN2O3S. The molecule has 122 valence electrons. The molecular weight excluding hydrogens is 336 g/mol. The van der Waals surface area contributed by atoms with Crippen LogP contribution in [0.15, 0.2) is 59.8 Å². The summed E-state index contributed by atoms with van der Waals surface area (Å²) in [5, 5.41) is 1.72. The number of aromatic nitrogens is 1. The maximum absolute atomic E-state index is 12.9. The van der Waals surface area contributed by atoms with Gasteiger partial charge in [-0.25, -0.2) is 8.42 Å². The number of nitrogens with one attached hydrogen (secondary N) is 1. The lowest BCUT2D eigenvalue weighted by molar-refractivity contribution is -0.120. The van der Waals surface area contributed by atoms with Crippen LogP contribution in [-0.2, 0) is 14.6 Å². The number of carbonyl (C=O) groups is 1. The van der Waals surface area contributed by atoms with Crippen LogP contribution in [0, 0.1) is 0 Å². The molecule has 0 aliphatic heterocycles. The number of hydrogen-bond donors (Lipinski definition) is 1. The van der Waals surface area contributed by atoms with Crippen molar-refractivity contribution < 1.29 is 13.2 Å². The third-order valence-corrected chi connectivity index (χ3v) is 5.61. The van der Waals surface area contributed by atoms with Gasteiger partial charge in [-0.1, -0.05) is 24.3 Å². The number of nitrogens with zero attached hydrogens (tertiary/aromatic N) is 1. The minimum atomic E-state index is -3.65. The fraction of sp³-hybridized carbons (Fsp3) is 0.250. The number of rotatable bonds is 7. The van der Waals surface area contributed by atoms with Crippen LogP contribution in [0.4, 0.5) is 0 Å². The molecule has 1 N–H and O–H groups in total. The highest BCUT2D eigenvalue weighted by atomic mass is 35.5. The fourth-order valence-electron chi connectivity index (χ4n) is 2.13. The first kappa shape index (κ1) is 17.4. The van der Waals surface area contributed by atoms with Crippen molar-refractivity contribution in [3.63, 3.8) is 0 Å². The first-order valence-electron chi connectivity index (χ1n) is 7.07. The zero-order chi connectivity index (χ0) is 16.7. The summed E-state index contributed by atoms with van der Waals surface area (Å²) in [6, 6.07) is 11.5. The lowest BCUT2D eigenvalue weighted by atomic mass is 10.2. The van der Waals surface area contributed by atoms with E-state index >= 15 is 0 Å². The van der Waals surface area contributed by atoms with Gasteiger partial charge in [-0.15, -0.1) is 11.6 Å². The third kappa shape index (κ3) is 4.53. The highest BCUT2D eigenvalue weighted by Gasteiger charge is 2.29. The second kappa shape index (κ2) is 8.08. The molecule has 0 aliphatic carbocycles. The van der Waals surface area contributed by atoms with E-state index in [-0.39, 0.29) is 29.6 Å². The van der Waals surface area contributed by atoms with Crippen LogP contribution in [0.3, 0.4) is 0 Å². The Balaban J connectivity index is 2.32. The SMILES string of the molecule is O=C(CCCl)NC[C@@H](c1cccnc1)S(=O)(=O)c1ccccc1. The molecule has 0 radical (unpaired) electrons. The van der Waals surface area contributed by atoms with Crippen molar-refractivity contribution >= 4 is 27.3 Å². The highest BCUT2D eigenvalue weighted by molar-refractivity contribution is 7.91. The van der Waals surface area contributed by atoms with E-state index in [0.717, 1.165) is 0 Å². The number of carbonyl (C=O) groups excluding carboxylic acids is 1. The molecule has 0 fully saturated rings. The lowest BCUT2D eigenvalue weighted by Gasteiger charge is -2.18. The largest absolute Gasteiger partial charge is 0.354 e. The Labute approximate surface area is 140 Å². The number of benzene rings is 1. The van der Waals surface area contributed by atoms with E-state index in [1.807, 2.05) is 0 Å². The Bertz CT molecular complexity index is 736. The van der Waals surface area contributed by atoms with Crippen molar-refractivity contribution in [3.05, 3.63) is 60.4 Å². The van der Waals surface area contributed by atoms with Gasteiger partial charge in [0.25, 0.3) is 0 Å². The average Bonchev–Trinajstić information content (AvgIpc) is 2.57. The van der Waals surface area contributed by atoms with E-state index < -0.39 is 15.1 Å². The molecule has 1 heterocycles. The molecule has 0 unspecified atom stereocenters. The molecule has 2 aromatic rings. The van der Waals surface area contributed by atoms with Crippen LogP contribution in [-0.4, -0.2) is 31.7 Å². The normalized spacial score (nSPS) is 12.6. The van der Waals surface area contributed by atoms with E-state index in [9.17, 15) is 13.2 Å². The van der Waals surface area contributed by atoms with Crippen molar-refractivity contribution in [2.24, 2.45) is 0 Å². The molecule has 7 heteroatoms. The average molecular weight is 353 g/mol. The zero-order valence-electron chi connectivity index (χ0n) is 12.4. The molecule has 0 saturated heterocycles. The molecule has 5 nitrogen and oxygen atoms in total. The van der Waals surface area contributed by atoms with Crippen LogP contribution in [0.2, 0.25) is 0 Å². The minimum absolute atomic E-state index is 0.0291. The summed E-state index contributed by atoms with van der Waals surface area (Å²) in [4.78, 5) is 15.8. The van der Waals surface area contributed by atoms with Gasteiger partial charge in [0, 0.05) is 31.2 Å². The second-order valence-corrected chi connectivity index (χ2v) is 7.38. The van der Waals surface area contributed by atoms with Gasteiger partial charge in [-0.2, -0.15) is 0 Å². The van der Waals surface area contributed by atoms with Crippen LogP contribution < -0.4 is 5.32 Å². The van der Waals surface area contributed by atoms with Crippen LogP contribution in [0.25, 0.3) is 0 Å². The molecule has 23 heavy (non-hydrogen) atoms.